The Kier molecular flexibility index (Phi) is 29.0. The number of hydrogen-bond donors (Lipinski definition) is 5. The largest absolute Gasteiger partial charge is 0.480 e. The van der Waals surface area contributed by atoms with Crippen molar-refractivity contribution >= 4 is 23.5 Å². The van der Waals surface area contributed by atoms with E-state index in [9.17, 15) is 109 Å². The Hall–Kier alpha value is -8.84. The molecule has 0 radical (unpaired) electrons. The van der Waals surface area contributed by atoms with E-state index in [0.717, 1.165) is 92.7 Å². The van der Waals surface area contributed by atoms with Crippen molar-refractivity contribution in [3.05, 3.63) is 215 Å². The number of alkyl halides is 15. The van der Waals surface area contributed by atoms with Crippen LogP contribution in [-0.4, -0.2) is 95.7 Å². The molecule has 0 aromatic heterocycles. The first-order valence-electron chi connectivity index (χ1n) is 29.0. The van der Waals surface area contributed by atoms with Gasteiger partial charge < -0.3 is 21.3 Å². The molecule has 6 aromatic rings. The van der Waals surface area contributed by atoms with Gasteiger partial charge in [0.1, 0.15) is 47.2 Å². The SMILES string of the molecule is COC(=O)[C@@H](N)CC(F)(F)Cc1ccccc1.N#CC1(CC(=O)[C@H](CC(F)(F)Cc2ccccc2)N[C@@H](c2ccc(F)cc2)C(F)(F)F)CC1.N#CC1(N)CC1.O=C(O)[C@H](CC(F)(F)Cc1ccccc1)N[C@@H](c1ccc(F)cc1)C(F)(F)F.O=C(c1ccc(F)cc1)C(F)(F)F. The molecule has 8 rings (SSSR count). The zero-order valence-corrected chi connectivity index (χ0v) is 51.1. The summed E-state index contributed by atoms with van der Waals surface area (Å²) in [7, 11) is 1.12. The number of ketones is 2. The first-order valence-corrected chi connectivity index (χ1v) is 29.0. The van der Waals surface area contributed by atoms with Crippen molar-refractivity contribution in [2.45, 2.75) is 143 Å². The molecule has 12 nitrogen and oxygen atoms in total. The average Bonchev–Trinajstić information content (AvgIpc) is 1.46. The number of carboxylic acids is 1. The Morgan fingerprint density at radius 1 is 0.515 bits per heavy atom. The molecule has 7 N–H and O–H groups in total. The minimum absolute atomic E-state index is 0.225. The lowest BCUT2D eigenvalue weighted by Crippen LogP contribution is -2.48. The van der Waals surface area contributed by atoms with E-state index in [1.807, 2.05) is 12.1 Å². The lowest BCUT2D eigenvalue weighted by Gasteiger charge is -2.30. The number of hydrogen-bond acceptors (Lipinski definition) is 11. The van der Waals surface area contributed by atoms with Crippen LogP contribution in [-0.2, 0) is 38.4 Å². The van der Waals surface area contributed by atoms with Gasteiger partial charge in [-0.2, -0.15) is 50.0 Å². The third kappa shape index (κ3) is 28.8. The number of methoxy groups -OCH3 is 1. The topological polar surface area (TPSA) is 221 Å². The van der Waals surface area contributed by atoms with Gasteiger partial charge in [0.05, 0.1) is 30.7 Å². The fraction of sp³-hybridized carbons (Fsp3) is 0.373. The zero-order chi connectivity index (χ0) is 72.8. The summed E-state index contributed by atoms with van der Waals surface area (Å²) >= 11 is 0. The van der Waals surface area contributed by atoms with E-state index in [0.29, 0.717) is 18.4 Å². The summed E-state index contributed by atoms with van der Waals surface area (Å²) in [5.74, 6) is -17.8. The number of carbonyl (C=O) groups excluding carboxylic acids is 3. The second kappa shape index (κ2) is 34.9. The zero-order valence-electron chi connectivity index (χ0n) is 51.1. The summed E-state index contributed by atoms with van der Waals surface area (Å²) in [5.41, 5.74) is 8.75. The van der Waals surface area contributed by atoms with Gasteiger partial charge in [0.2, 0.25) is 0 Å². The van der Waals surface area contributed by atoms with Crippen LogP contribution in [0.4, 0.5) is 79.0 Å². The number of nitriles is 2. The number of carbonyl (C=O) groups is 4. The molecule has 524 valence electrons. The van der Waals surface area contributed by atoms with Gasteiger partial charge in [0.15, 0.2) is 5.78 Å². The van der Waals surface area contributed by atoms with Crippen LogP contribution in [0.1, 0.15) is 102 Å². The van der Waals surface area contributed by atoms with Gasteiger partial charge in [-0.3, -0.25) is 29.8 Å². The van der Waals surface area contributed by atoms with E-state index in [4.69, 9.17) is 16.7 Å². The number of rotatable bonds is 24. The molecule has 2 aliphatic carbocycles. The summed E-state index contributed by atoms with van der Waals surface area (Å²) in [6.45, 7) is 0. The van der Waals surface area contributed by atoms with Crippen LogP contribution < -0.4 is 22.1 Å². The Morgan fingerprint density at radius 2 is 0.856 bits per heavy atom. The predicted octanol–water partition coefficient (Wildman–Crippen LogP) is 15.0. The molecular formula is C67H64F18N6O6. The van der Waals surface area contributed by atoms with Crippen molar-refractivity contribution in [2.24, 2.45) is 16.9 Å². The van der Waals surface area contributed by atoms with Gasteiger partial charge >= 0.3 is 30.5 Å². The van der Waals surface area contributed by atoms with Crippen molar-refractivity contribution < 1.29 is 108 Å². The summed E-state index contributed by atoms with van der Waals surface area (Å²) in [4.78, 5) is 45.7. The highest BCUT2D eigenvalue weighted by molar-refractivity contribution is 6.00. The Bertz CT molecular complexity index is 3550. The summed E-state index contributed by atoms with van der Waals surface area (Å²) < 4.78 is 245. The fourth-order valence-electron chi connectivity index (χ4n) is 8.96. The number of Topliss-reactive ketones (excluding diaryl/α,β-unsaturated/α-hetero) is 2. The highest BCUT2D eigenvalue weighted by atomic mass is 19.4. The number of benzene rings is 6. The van der Waals surface area contributed by atoms with Crippen LogP contribution in [0.5, 0.6) is 0 Å². The van der Waals surface area contributed by atoms with Crippen molar-refractivity contribution in [3.63, 3.8) is 0 Å². The van der Waals surface area contributed by atoms with Crippen molar-refractivity contribution in [3.8, 4) is 12.1 Å². The molecule has 5 atom stereocenters. The van der Waals surface area contributed by atoms with Gasteiger partial charge in [0, 0.05) is 50.5 Å². The molecule has 0 unspecified atom stereocenters. The van der Waals surface area contributed by atoms with E-state index >= 15 is 0 Å². The van der Waals surface area contributed by atoms with Crippen LogP contribution in [0.3, 0.4) is 0 Å². The van der Waals surface area contributed by atoms with Crippen LogP contribution in [0.15, 0.2) is 164 Å². The van der Waals surface area contributed by atoms with Gasteiger partial charge in [-0.05, 0) is 102 Å². The van der Waals surface area contributed by atoms with Crippen molar-refractivity contribution in [1.29, 1.82) is 10.5 Å². The molecule has 6 aromatic carbocycles. The van der Waals surface area contributed by atoms with E-state index in [2.05, 4.69) is 10.1 Å². The van der Waals surface area contributed by atoms with Crippen molar-refractivity contribution in [2.75, 3.05) is 7.11 Å². The number of ether oxygens (including phenoxy) is 1. The number of halogens is 18. The number of carboxylic acid groups (broad SMARTS) is 1. The third-order valence-corrected chi connectivity index (χ3v) is 14.4. The fourth-order valence-corrected chi connectivity index (χ4v) is 8.96. The van der Waals surface area contributed by atoms with Crippen LogP contribution >= 0.6 is 0 Å². The summed E-state index contributed by atoms with van der Waals surface area (Å²) in [5, 5.41) is 30.3. The van der Waals surface area contributed by atoms with Crippen LogP contribution in [0.2, 0.25) is 0 Å². The number of esters is 1. The van der Waals surface area contributed by atoms with E-state index < -0.39 is 180 Å². The van der Waals surface area contributed by atoms with Crippen molar-refractivity contribution in [1.82, 2.24) is 10.6 Å². The van der Waals surface area contributed by atoms with E-state index in [1.165, 1.54) is 36.4 Å². The average molecular weight is 1390 g/mol. The Morgan fingerprint density at radius 3 is 1.14 bits per heavy atom. The van der Waals surface area contributed by atoms with Gasteiger partial charge in [-0.25, -0.2) is 39.5 Å². The lowest BCUT2D eigenvalue weighted by molar-refractivity contribution is -0.166. The molecule has 2 aliphatic rings. The molecular weight excluding hydrogens is 1330 g/mol. The molecule has 0 bridgehead atoms. The number of nitrogens with one attached hydrogen (secondary N) is 2. The summed E-state index contributed by atoms with van der Waals surface area (Å²) in [6.07, 6.45) is -17.9. The number of nitrogens with zero attached hydrogens (tertiary/aromatic N) is 2. The molecule has 97 heavy (non-hydrogen) atoms. The first kappa shape index (κ1) is 80.6. The minimum Gasteiger partial charge on any atom is -0.480 e. The Balaban J connectivity index is 0.000000280. The molecule has 0 amide bonds. The number of aliphatic carboxylic acids is 1. The highest BCUT2D eigenvalue weighted by Crippen LogP contribution is 2.49. The molecule has 2 fully saturated rings. The standard InChI is InChI=1S/C24H22F6N2O.C19H17F6NO2.C12H15F2NO2.C8H4F4O.C4H6N2/c25-18-8-6-17(7-9-18)21(24(28,29)30)32-19(20(33)14-22(15-31)10-11-22)13-23(26,27)12-16-4-2-1-3-5-16;20-14-8-6-13(7-9-14)16(19(23,24)25)26-15(17(27)28)11-18(21,22)10-12-4-2-1-3-5-12;1-17-11(16)10(15)8-12(13,14)7-9-5-3-2-4-6-9;9-6-3-1-5(2-4-6)7(13)8(10,11)12;5-3-4(6)1-2-4/h1-9,19,21,32H,10-14H2;1-9,15-16,26H,10-11H2,(H,27,28);2-6,10H,7-8,15H2,1H3;1-4H;1-2,6H2/t19-,21-;15-,16-;10-;;/m000../s1. The maximum absolute atomic E-state index is 14.9. The molecule has 0 aliphatic heterocycles. The van der Waals surface area contributed by atoms with E-state index in [1.54, 1.807) is 59.9 Å². The normalized spacial score (nSPS) is 15.4. The van der Waals surface area contributed by atoms with Crippen LogP contribution in [0.25, 0.3) is 0 Å². The molecule has 0 heterocycles. The monoisotopic (exact) mass is 1390 g/mol. The van der Waals surface area contributed by atoms with Gasteiger partial charge in [-0.15, -0.1) is 0 Å². The van der Waals surface area contributed by atoms with Gasteiger partial charge in [-0.1, -0.05) is 115 Å². The maximum Gasteiger partial charge on any atom is 0.454 e. The smallest absolute Gasteiger partial charge is 0.454 e. The number of nitrogens with two attached hydrogens (primary N) is 2. The summed E-state index contributed by atoms with van der Waals surface area (Å²) in [6, 6.07) is 27.0. The first-order chi connectivity index (χ1) is 45.0. The molecule has 30 heteroatoms. The second-order valence-electron chi connectivity index (χ2n) is 22.8. The maximum atomic E-state index is 14.9. The predicted molar refractivity (Wildman–Crippen MR) is 316 cm³/mol. The van der Waals surface area contributed by atoms with Crippen LogP contribution in [0, 0.1) is 45.5 Å². The minimum atomic E-state index is -4.97. The van der Waals surface area contributed by atoms with E-state index in [-0.39, 0.29) is 11.1 Å². The highest BCUT2D eigenvalue weighted by Gasteiger charge is 2.50. The molecule has 0 spiro atoms. The second-order valence-corrected chi connectivity index (χ2v) is 22.8. The third-order valence-electron chi connectivity index (χ3n) is 14.4. The quantitative estimate of drug-likeness (QED) is 0.0217. The van der Waals surface area contributed by atoms with Gasteiger partial charge in [0.25, 0.3) is 23.6 Å². The molecule has 0 saturated heterocycles. The molecule has 2 saturated carbocycles. The Labute approximate surface area is 544 Å². The lowest BCUT2D eigenvalue weighted by atomic mass is 9.91.